The molecular weight excluding hydrogens is 266 g/mol. The second kappa shape index (κ2) is 7.40. The SMILES string of the molecule is CCC(C)NNC(=O)c1cc(Oc2ccccc2)ccn1. The number of carbonyl (C=O) groups is 1. The molecule has 0 bridgehead atoms. The number of carbonyl (C=O) groups excluding carboxylic acids is 1. The van der Waals surface area contributed by atoms with Crippen molar-refractivity contribution >= 4 is 5.91 Å². The van der Waals surface area contributed by atoms with Crippen LogP contribution in [0.5, 0.6) is 11.5 Å². The number of hydrogen-bond donors (Lipinski definition) is 2. The van der Waals surface area contributed by atoms with Gasteiger partial charge in [-0.1, -0.05) is 25.1 Å². The van der Waals surface area contributed by atoms with E-state index in [0.29, 0.717) is 17.2 Å². The molecule has 0 saturated carbocycles. The van der Waals surface area contributed by atoms with Crippen LogP contribution in [0.1, 0.15) is 30.8 Å². The van der Waals surface area contributed by atoms with Gasteiger partial charge in [-0.2, -0.15) is 0 Å². The molecule has 2 N–H and O–H groups in total. The van der Waals surface area contributed by atoms with E-state index < -0.39 is 0 Å². The van der Waals surface area contributed by atoms with E-state index in [0.717, 1.165) is 6.42 Å². The summed E-state index contributed by atoms with van der Waals surface area (Å²) in [7, 11) is 0. The van der Waals surface area contributed by atoms with Crippen LogP contribution in [0.15, 0.2) is 48.7 Å². The number of para-hydroxylation sites is 1. The maximum absolute atomic E-state index is 12.0. The molecule has 5 nitrogen and oxygen atoms in total. The van der Waals surface area contributed by atoms with E-state index in [1.54, 1.807) is 18.3 Å². The van der Waals surface area contributed by atoms with Crippen molar-refractivity contribution in [2.75, 3.05) is 0 Å². The van der Waals surface area contributed by atoms with Crippen LogP contribution < -0.4 is 15.6 Å². The second-order valence-corrected chi connectivity index (χ2v) is 4.70. The van der Waals surface area contributed by atoms with Crippen LogP contribution in [-0.4, -0.2) is 16.9 Å². The number of nitrogens with one attached hydrogen (secondary N) is 2. The third kappa shape index (κ3) is 4.57. The monoisotopic (exact) mass is 285 g/mol. The minimum absolute atomic E-state index is 0.206. The number of nitrogens with zero attached hydrogens (tertiary/aromatic N) is 1. The van der Waals surface area contributed by atoms with Crippen LogP contribution in [0.25, 0.3) is 0 Å². The zero-order valence-corrected chi connectivity index (χ0v) is 12.2. The summed E-state index contributed by atoms with van der Waals surface area (Å²) in [4.78, 5) is 16.0. The van der Waals surface area contributed by atoms with E-state index in [9.17, 15) is 4.79 Å². The summed E-state index contributed by atoms with van der Waals surface area (Å²) in [6.07, 6.45) is 2.47. The van der Waals surface area contributed by atoms with Crippen LogP contribution in [0.2, 0.25) is 0 Å². The van der Waals surface area contributed by atoms with E-state index in [1.807, 2.05) is 44.2 Å². The molecule has 110 valence electrons. The Balaban J connectivity index is 2.02. The average Bonchev–Trinajstić information content (AvgIpc) is 2.53. The molecule has 1 amide bonds. The van der Waals surface area contributed by atoms with Crippen molar-refractivity contribution in [1.29, 1.82) is 0 Å². The minimum atomic E-state index is -0.284. The Morgan fingerprint density at radius 1 is 1.24 bits per heavy atom. The summed E-state index contributed by atoms with van der Waals surface area (Å²) < 4.78 is 5.68. The fraction of sp³-hybridized carbons (Fsp3) is 0.250. The fourth-order valence-corrected chi connectivity index (χ4v) is 1.58. The Labute approximate surface area is 124 Å². The number of hydrogen-bond acceptors (Lipinski definition) is 4. The van der Waals surface area contributed by atoms with Gasteiger partial charge in [-0.25, -0.2) is 5.43 Å². The van der Waals surface area contributed by atoms with Crippen LogP contribution in [0, 0.1) is 0 Å². The number of hydrazine groups is 1. The van der Waals surface area contributed by atoms with Gasteiger partial charge in [-0.15, -0.1) is 0 Å². The normalized spacial score (nSPS) is 11.7. The summed E-state index contributed by atoms with van der Waals surface area (Å²) in [5.74, 6) is 1.01. The highest BCUT2D eigenvalue weighted by atomic mass is 16.5. The Morgan fingerprint density at radius 3 is 2.71 bits per heavy atom. The molecule has 1 aromatic heterocycles. The third-order valence-electron chi connectivity index (χ3n) is 2.99. The first-order chi connectivity index (χ1) is 10.2. The zero-order valence-electron chi connectivity index (χ0n) is 12.2. The summed E-state index contributed by atoms with van der Waals surface area (Å²) in [5, 5.41) is 0. The van der Waals surface area contributed by atoms with Crippen molar-refractivity contribution in [3.05, 3.63) is 54.4 Å². The lowest BCUT2D eigenvalue weighted by Gasteiger charge is -2.12. The zero-order chi connectivity index (χ0) is 15.1. The van der Waals surface area contributed by atoms with Crippen LogP contribution in [-0.2, 0) is 0 Å². The highest BCUT2D eigenvalue weighted by Gasteiger charge is 2.09. The lowest BCUT2D eigenvalue weighted by atomic mass is 10.3. The number of aromatic nitrogens is 1. The van der Waals surface area contributed by atoms with Gasteiger partial charge in [0.25, 0.3) is 5.91 Å². The molecule has 5 heteroatoms. The van der Waals surface area contributed by atoms with Gasteiger partial charge in [0.1, 0.15) is 17.2 Å². The first-order valence-corrected chi connectivity index (χ1v) is 6.94. The van der Waals surface area contributed by atoms with E-state index >= 15 is 0 Å². The Bertz CT molecular complexity index is 587. The summed E-state index contributed by atoms with van der Waals surface area (Å²) in [6, 6.07) is 12.9. The number of benzene rings is 1. The first kappa shape index (κ1) is 15.0. The van der Waals surface area contributed by atoms with Crippen molar-refractivity contribution in [3.63, 3.8) is 0 Å². The molecule has 0 fully saturated rings. The molecule has 0 radical (unpaired) electrons. The third-order valence-corrected chi connectivity index (χ3v) is 2.99. The van der Waals surface area contributed by atoms with Crippen LogP contribution in [0.3, 0.4) is 0 Å². The summed E-state index contributed by atoms with van der Waals surface area (Å²) >= 11 is 0. The fourth-order valence-electron chi connectivity index (χ4n) is 1.58. The molecule has 0 saturated heterocycles. The van der Waals surface area contributed by atoms with Crippen molar-refractivity contribution < 1.29 is 9.53 Å². The largest absolute Gasteiger partial charge is 0.457 e. The maximum Gasteiger partial charge on any atom is 0.284 e. The average molecular weight is 285 g/mol. The van der Waals surface area contributed by atoms with Crippen molar-refractivity contribution in [1.82, 2.24) is 15.8 Å². The molecule has 0 aliphatic carbocycles. The lowest BCUT2D eigenvalue weighted by Crippen LogP contribution is -2.42. The molecule has 21 heavy (non-hydrogen) atoms. The standard InChI is InChI=1S/C16H19N3O2/c1-3-12(2)18-19-16(20)15-11-14(9-10-17-15)21-13-7-5-4-6-8-13/h4-12,18H,3H2,1-2H3,(H,19,20). The smallest absolute Gasteiger partial charge is 0.284 e. The molecule has 0 aliphatic rings. The molecule has 1 atom stereocenters. The van der Waals surface area contributed by atoms with Crippen molar-refractivity contribution in [2.24, 2.45) is 0 Å². The lowest BCUT2D eigenvalue weighted by molar-refractivity contribution is 0.0920. The van der Waals surface area contributed by atoms with Gasteiger partial charge in [0.15, 0.2) is 0 Å². The Hall–Kier alpha value is -2.40. The molecule has 1 unspecified atom stereocenters. The maximum atomic E-state index is 12.0. The molecular formula is C16H19N3O2. The number of ether oxygens (including phenoxy) is 1. The predicted molar refractivity (Wildman–Crippen MR) is 81.1 cm³/mol. The first-order valence-electron chi connectivity index (χ1n) is 6.94. The van der Waals surface area contributed by atoms with Gasteiger partial charge >= 0.3 is 0 Å². The topological polar surface area (TPSA) is 63.2 Å². The minimum Gasteiger partial charge on any atom is -0.457 e. The number of amides is 1. The summed E-state index contributed by atoms with van der Waals surface area (Å²) in [6.45, 7) is 4.03. The Morgan fingerprint density at radius 2 is 2.00 bits per heavy atom. The highest BCUT2D eigenvalue weighted by molar-refractivity contribution is 5.92. The molecule has 0 aliphatic heterocycles. The highest BCUT2D eigenvalue weighted by Crippen LogP contribution is 2.20. The van der Waals surface area contributed by atoms with E-state index in [2.05, 4.69) is 15.8 Å². The predicted octanol–water partition coefficient (Wildman–Crippen LogP) is 2.91. The second-order valence-electron chi connectivity index (χ2n) is 4.70. The van der Waals surface area contributed by atoms with Crippen molar-refractivity contribution in [2.45, 2.75) is 26.3 Å². The molecule has 2 rings (SSSR count). The molecule has 0 spiro atoms. The van der Waals surface area contributed by atoms with E-state index in [4.69, 9.17) is 4.74 Å². The van der Waals surface area contributed by atoms with Crippen molar-refractivity contribution in [3.8, 4) is 11.5 Å². The van der Waals surface area contributed by atoms with Gasteiger partial charge in [0.05, 0.1) is 0 Å². The quantitative estimate of drug-likeness (QED) is 0.801. The van der Waals surface area contributed by atoms with Crippen LogP contribution in [0.4, 0.5) is 0 Å². The Kier molecular flexibility index (Phi) is 5.29. The van der Waals surface area contributed by atoms with Gasteiger partial charge in [-0.3, -0.25) is 15.2 Å². The van der Waals surface area contributed by atoms with Gasteiger partial charge in [0.2, 0.25) is 0 Å². The van der Waals surface area contributed by atoms with Gasteiger partial charge in [0, 0.05) is 18.3 Å². The number of rotatable bonds is 6. The van der Waals surface area contributed by atoms with Gasteiger partial charge in [-0.05, 0) is 31.5 Å². The number of pyridine rings is 1. The molecule has 1 aromatic carbocycles. The van der Waals surface area contributed by atoms with E-state index in [-0.39, 0.29) is 11.9 Å². The van der Waals surface area contributed by atoms with Gasteiger partial charge < -0.3 is 4.74 Å². The molecule has 1 heterocycles. The van der Waals surface area contributed by atoms with E-state index in [1.165, 1.54) is 0 Å². The van der Waals surface area contributed by atoms with Crippen LogP contribution >= 0.6 is 0 Å². The summed E-state index contributed by atoms with van der Waals surface area (Å²) in [5.41, 5.74) is 5.86. The molecule has 2 aromatic rings.